The molecule has 0 radical (unpaired) electrons. The molecule has 44 heavy (non-hydrogen) atoms. The van der Waals surface area contributed by atoms with E-state index in [0.717, 1.165) is 34.8 Å². The summed E-state index contributed by atoms with van der Waals surface area (Å²) in [5.74, 6) is -1.54. The standard InChI is InChI=1S/C34H35ClFN3O4S/c1-2-3-22-37-34(41)32(23-26-12-6-4-7-13-26)38(24-27-14-10-11-17-31(27)35)33(40)25-39(29-20-18-28(36)19-21-29)44(42,43)30-15-8-5-9-16-30/h4-21,32H,2-3,22-25H2,1H3,(H,37,41). The van der Waals surface area contributed by atoms with Gasteiger partial charge in [0.2, 0.25) is 11.8 Å². The average molecular weight is 636 g/mol. The third-order valence-corrected chi connectivity index (χ3v) is 9.28. The number of sulfonamides is 1. The van der Waals surface area contributed by atoms with Crippen LogP contribution >= 0.6 is 11.6 Å². The van der Waals surface area contributed by atoms with Crippen molar-refractivity contribution in [3.8, 4) is 0 Å². The first-order chi connectivity index (χ1) is 21.2. The maximum atomic E-state index is 14.4. The molecule has 0 aromatic heterocycles. The van der Waals surface area contributed by atoms with Crippen LogP contribution in [0.5, 0.6) is 0 Å². The van der Waals surface area contributed by atoms with Gasteiger partial charge in [-0.3, -0.25) is 13.9 Å². The number of benzene rings is 4. The Morgan fingerprint density at radius 1 is 0.864 bits per heavy atom. The van der Waals surface area contributed by atoms with Crippen LogP contribution in [-0.4, -0.2) is 44.3 Å². The van der Waals surface area contributed by atoms with E-state index in [9.17, 15) is 22.4 Å². The van der Waals surface area contributed by atoms with E-state index in [1.807, 2.05) is 37.3 Å². The lowest BCUT2D eigenvalue weighted by Crippen LogP contribution is -2.53. The number of carbonyl (C=O) groups excluding carboxylic acids is 2. The lowest BCUT2D eigenvalue weighted by Gasteiger charge is -2.34. The highest BCUT2D eigenvalue weighted by Crippen LogP contribution is 2.26. The second-order valence-corrected chi connectivity index (χ2v) is 12.5. The summed E-state index contributed by atoms with van der Waals surface area (Å²) < 4.78 is 42.6. The van der Waals surface area contributed by atoms with E-state index >= 15 is 0 Å². The molecule has 10 heteroatoms. The zero-order chi connectivity index (χ0) is 31.5. The molecule has 1 unspecified atom stereocenters. The maximum Gasteiger partial charge on any atom is 0.264 e. The molecule has 4 aromatic rings. The number of nitrogens with one attached hydrogen (secondary N) is 1. The maximum absolute atomic E-state index is 14.4. The predicted octanol–water partition coefficient (Wildman–Crippen LogP) is 6.23. The summed E-state index contributed by atoms with van der Waals surface area (Å²) in [6.07, 6.45) is 1.82. The second-order valence-electron chi connectivity index (χ2n) is 10.3. The molecule has 0 saturated heterocycles. The van der Waals surface area contributed by atoms with E-state index in [4.69, 9.17) is 11.6 Å². The minimum Gasteiger partial charge on any atom is -0.354 e. The molecule has 230 valence electrons. The van der Waals surface area contributed by atoms with Gasteiger partial charge in [-0.15, -0.1) is 0 Å². The third kappa shape index (κ3) is 8.45. The quantitative estimate of drug-likeness (QED) is 0.166. The number of rotatable bonds is 14. The number of halogens is 2. The van der Waals surface area contributed by atoms with Crippen LogP contribution in [0.4, 0.5) is 10.1 Å². The molecule has 2 amide bonds. The summed E-state index contributed by atoms with van der Waals surface area (Å²) in [5.41, 5.74) is 1.53. The zero-order valence-corrected chi connectivity index (χ0v) is 26.0. The van der Waals surface area contributed by atoms with Gasteiger partial charge >= 0.3 is 0 Å². The van der Waals surface area contributed by atoms with Crippen LogP contribution in [0.15, 0.2) is 114 Å². The molecule has 1 N–H and O–H groups in total. The zero-order valence-electron chi connectivity index (χ0n) is 24.4. The Hall–Kier alpha value is -4.21. The van der Waals surface area contributed by atoms with Crippen molar-refractivity contribution in [3.63, 3.8) is 0 Å². The van der Waals surface area contributed by atoms with Gasteiger partial charge in [0.15, 0.2) is 0 Å². The Bertz CT molecular complexity index is 1640. The number of carbonyl (C=O) groups is 2. The third-order valence-electron chi connectivity index (χ3n) is 7.12. The summed E-state index contributed by atoms with van der Waals surface area (Å²) in [4.78, 5) is 29.5. The Kier molecular flexibility index (Phi) is 11.5. The fourth-order valence-electron chi connectivity index (χ4n) is 4.73. The molecule has 0 spiro atoms. The van der Waals surface area contributed by atoms with Crippen molar-refractivity contribution in [2.75, 3.05) is 17.4 Å². The second kappa shape index (κ2) is 15.5. The fourth-order valence-corrected chi connectivity index (χ4v) is 6.36. The molecular weight excluding hydrogens is 601 g/mol. The molecule has 0 bridgehead atoms. The van der Waals surface area contributed by atoms with Gasteiger partial charge in [0.25, 0.3) is 10.0 Å². The molecule has 0 heterocycles. The van der Waals surface area contributed by atoms with Crippen molar-refractivity contribution in [2.45, 2.75) is 43.7 Å². The highest BCUT2D eigenvalue weighted by atomic mass is 35.5. The highest BCUT2D eigenvalue weighted by Gasteiger charge is 2.34. The molecule has 0 saturated carbocycles. The number of nitrogens with zero attached hydrogens (tertiary/aromatic N) is 2. The van der Waals surface area contributed by atoms with Crippen LogP contribution in [0.1, 0.15) is 30.9 Å². The van der Waals surface area contributed by atoms with E-state index in [2.05, 4.69) is 5.32 Å². The Labute approximate surface area is 263 Å². The highest BCUT2D eigenvalue weighted by molar-refractivity contribution is 7.92. The van der Waals surface area contributed by atoms with Crippen molar-refractivity contribution in [1.82, 2.24) is 10.2 Å². The van der Waals surface area contributed by atoms with Gasteiger partial charge < -0.3 is 10.2 Å². The van der Waals surface area contributed by atoms with E-state index in [1.165, 1.54) is 29.2 Å². The van der Waals surface area contributed by atoms with Gasteiger partial charge in [0.1, 0.15) is 18.4 Å². The van der Waals surface area contributed by atoms with E-state index < -0.39 is 34.3 Å². The van der Waals surface area contributed by atoms with Crippen molar-refractivity contribution in [3.05, 3.63) is 131 Å². The molecule has 7 nitrogen and oxygen atoms in total. The van der Waals surface area contributed by atoms with E-state index in [0.29, 0.717) is 17.1 Å². The molecule has 4 rings (SSSR count). The van der Waals surface area contributed by atoms with Gasteiger partial charge in [-0.05, 0) is 60.0 Å². The van der Waals surface area contributed by atoms with Crippen LogP contribution in [-0.2, 0) is 32.6 Å². The number of amides is 2. The number of hydrogen-bond acceptors (Lipinski definition) is 4. The van der Waals surface area contributed by atoms with Crippen LogP contribution < -0.4 is 9.62 Å². The van der Waals surface area contributed by atoms with Gasteiger partial charge in [0.05, 0.1) is 10.6 Å². The first-order valence-electron chi connectivity index (χ1n) is 14.4. The minimum absolute atomic E-state index is 0.0343. The molecule has 0 fully saturated rings. The van der Waals surface area contributed by atoms with Crippen LogP contribution in [0.2, 0.25) is 5.02 Å². The SMILES string of the molecule is CCCCNC(=O)C(Cc1ccccc1)N(Cc1ccccc1Cl)C(=O)CN(c1ccc(F)cc1)S(=O)(=O)c1ccccc1. The predicted molar refractivity (Wildman–Crippen MR) is 171 cm³/mol. The lowest BCUT2D eigenvalue weighted by molar-refractivity contribution is -0.140. The molecular formula is C34H35ClFN3O4S. The first-order valence-corrected chi connectivity index (χ1v) is 16.2. The van der Waals surface area contributed by atoms with Crippen LogP contribution in [0.3, 0.4) is 0 Å². The van der Waals surface area contributed by atoms with Gasteiger partial charge in [-0.25, -0.2) is 12.8 Å². The number of hydrogen-bond donors (Lipinski definition) is 1. The van der Waals surface area contributed by atoms with Crippen LogP contribution in [0, 0.1) is 5.82 Å². The summed E-state index contributed by atoms with van der Waals surface area (Å²) in [5, 5.41) is 3.35. The fraction of sp³-hybridized carbons (Fsp3) is 0.235. The molecule has 0 aliphatic heterocycles. The Balaban J connectivity index is 1.78. The van der Waals surface area contributed by atoms with Crippen molar-refractivity contribution in [2.24, 2.45) is 0 Å². The van der Waals surface area contributed by atoms with E-state index in [-0.39, 0.29) is 29.5 Å². The summed E-state index contributed by atoms with van der Waals surface area (Å²) in [6, 6.07) is 27.9. The van der Waals surface area contributed by atoms with Crippen molar-refractivity contribution >= 4 is 39.1 Å². The molecule has 0 aliphatic carbocycles. The van der Waals surface area contributed by atoms with Gasteiger partial charge in [0, 0.05) is 24.5 Å². The first kappa shape index (κ1) is 32.7. The smallest absolute Gasteiger partial charge is 0.264 e. The minimum atomic E-state index is -4.26. The van der Waals surface area contributed by atoms with E-state index in [1.54, 1.807) is 42.5 Å². The van der Waals surface area contributed by atoms with Crippen molar-refractivity contribution < 1.29 is 22.4 Å². The normalized spacial score (nSPS) is 11.9. The Morgan fingerprint density at radius 2 is 1.48 bits per heavy atom. The largest absolute Gasteiger partial charge is 0.354 e. The average Bonchev–Trinajstić information content (AvgIpc) is 3.03. The molecule has 0 aliphatic rings. The number of unbranched alkanes of at least 4 members (excludes halogenated alkanes) is 1. The number of anilines is 1. The lowest BCUT2D eigenvalue weighted by atomic mass is 10.0. The summed E-state index contributed by atoms with van der Waals surface area (Å²) in [6.45, 7) is 1.76. The Morgan fingerprint density at radius 3 is 2.11 bits per heavy atom. The monoisotopic (exact) mass is 635 g/mol. The van der Waals surface area contributed by atoms with Gasteiger partial charge in [-0.2, -0.15) is 0 Å². The topological polar surface area (TPSA) is 86.8 Å². The summed E-state index contributed by atoms with van der Waals surface area (Å²) >= 11 is 6.51. The van der Waals surface area contributed by atoms with Crippen LogP contribution in [0.25, 0.3) is 0 Å². The summed E-state index contributed by atoms with van der Waals surface area (Å²) in [7, 11) is -4.26. The molecule has 4 aromatic carbocycles. The van der Waals surface area contributed by atoms with Gasteiger partial charge in [-0.1, -0.05) is 91.7 Å². The van der Waals surface area contributed by atoms with Crippen molar-refractivity contribution in [1.29, 1.82) is 0 Å². The molecule has 1 atom stereocenters.